The maximum Gasteiger partial charge on any atom is 0.328 e. The van der Waals surface area contributed by atoms with Gasteiger partial charge in [-0.05, 0) is 50.3 Å². The molecule has 2 aliphatic carbocycles. The molecular formula is C17H23N3O3S. The van der Waals surface area contributed by atoms with Gasteiger partial charge in [0.1, 0.15) is 0 Å². The number of sulfonamides is 1. The Bertz CT molecular complexity index is 963. The molecule has 7 heteroatoms. The lowest BCUT2D eigenvalue weighted by Gasteiger charge is -2.12. The summed E-state index contributed by atoms with van der Waals surface area (Å²) in [6, 6.07) is 4.97. The summed E-state index contributed by atoms with van der Waals surface area (Å²) in [5.74, 6) is 0.746. The van der Waals surface area contributed by atoms with Crippen LogP contribution >= 0.6 is 0 Å². The molecule has 6 nitrogen and oxygen atoms in total. The highest BCUT2D eigenvalue weighted by molar-refractivity contribution is 7.89. The zero-order chi connectivity index (χ0) is 17.1. The van der Waals surface area contributed by atoms with Crippen LogP contribution in [0.1, 0.15) is 39.0 Å². The van der Waals surface area contributed by atoms with Gasteiger partial charge in [0.25, 0.3) is 0 Å². The summed E-state index contributed by atoms with van der Waals surface area (Å²) in [6.07, 6.45) is 5.26. The fraction of sp³-hybridized carbons (Fsp3) is 0.588. The fourth-order valence-electron chi connectivity index (χ4n) is 3.16. The Balaban J connectivity index is 1.72. The molecule has 0 radical (unpaired) electrons. The van der Waals surface area contributed by atoms with E-state index in [1.165, 1.54) is 12.8 Å². The molecule has 24 heavy (non-hydrogen) atoms. The van der Waals surface area contributed by atoms with Crippen LogP contribution in [0.4, 0.5) is 0 Å². The van der Waals surface area contributed by atoms with Crippen molar-refractivity contribution in [3.63, 3.8) is 0 Å². The molecule has 0 unspecified atom stereocenters. The summed E-state index contributed by atoms with van der Waals surface area (Å²) in [7, 11) is -1.86. The van der Waals surface area contributed by atoms with Gasteiger partial charge in [-0.25, -0.2) is 17.9 Å². The van der Waals surface area contributed by atoms with E-state index in [1.807, 2.05) is 6.92 Å². The minimum absolute atomic E-state index is 0.0812. The molecule has 1 aromatic heterocycles. The van der Waals surface area contributed by atoms with Gasteiger partial charge in [0.15, 0.2) is 0 Å². The number of aryl methyl sites for hydroxylation is 2. The first-order chi connectivity index (χ1) is 11.3. The predicted octanol–water partition coefficient (Wildman–Crippen LogP) is 1.97. The first kappa shape index (κ1) is 15.9. The summed E-state index contributed by atoms with van der Waals surface area (Å²) in [5, 5.41) is 0. The van der Waals surface area contributed by atoms with E-state index in [-0.39, 0.29) is 16.1 Å². The van der Waals surface area contributed by atoms with E-state index in [0.717, 1.165) is 30.7 Å². The van der Waals surface area contributed by atoms with Gasteiger partial charge in [-0.1, -0.05) is 12.8 Å². The molecule has 1 N–H and O–H groups in total. The molecule has 130 valence electrons. The average Bonchev–Trinajstić information content (AvgIpc) is 3.44. The predicted molar refractivity (Wildman–Crippen MR) is 92.5 cm³/mol. The van der Waals surface area contributed by atoms with E-state index in [2.05, 4.69) is 4.72 Å². The molecule has 0 aliphatic heterocycles. The second-order valence-electron chi connectivity index (χ2n) is 7.54. The Hall–Kier alpha value is -1.60. The van der Waals surface area contributed by atoms with E-state index < -0.39 is 10.0 Å². The molecule has 2 aliphatic rings. The van der Waals surface area contributed by atoms with Crippen LogP contribution in [0.2, 0.25) is 0 Å². The van der Waals surface area contributed by atoms with E-state index >= 15 is 0 Å². The molecule has 0 atom stereocenters. The standard InChI is InChI=1S/C17H23N3O3S/c1-17(8-9-17)18-24(22,23)13-5-6-14-15(11-13)19(2)16(21)20(14)10-7-12-3-4-12/h5-6,11-12,18H,3-4,7-10H2,1-2H3. The van der Waals surface area contributed by atoms with Crippen molar-refractivity contribution in [2.45, 2.75) is 56.0 Å². The molecule has 0 amide bonds. The zero-order valence-corrected chi connectivity index (χ0v) is 14.9. The van der Waals surface area contributed by atoms with Crippen LogP contribution in [0.5, 0.6) is 0 Å². The van der Waals surface area contributed by atoms with Crippen LogP contribution in [-0.4, -0.2) is 23.1 Å². The Morgan fingerprint density at radius 2 is 1.96 bits per heavy atom. The third-order valence-corrected chi connectivity index (χ3v) is 6.90. The van der Waals surface area contributed by atoms with Crippen LogP contribution in [0, 0.1) is 5.92 Å². The van der Waals surface area contributed by atoms with Crippen molar-refractivity contribution in [2.75, 3.05) is 0 Å². The number of hydrogen-bond acceptors (Lipinski definition) is 3. The number of nitrogens with one attached hydrogen (secondary N) is 1. The Labute approximate surface area is 141 Å². The summed E-state index contributed by atoms with van der Waals surface area (Å²) in [5.41, 5.74) is 1.08. The topological polar surface area (TPSA) is 73.1 Å². The summed E-state index contributed by atoms with van der Waals surface area (Å²) >= 11 is 0. The van der Waals surface area contributed by atoms with E-state index in [1.54, 1.807) is 34.4 Å². The lowest BCUT2D eigenvalue weighted by molar-refractivity contribution is 0.558. The quantitative estimate of drug-likeness (QED) is 0.866. The average molecular weight is 349 g/mol. The minimum atomic E-state index is -3.56. The van der Waals surface area contributed by atoms with Gasteiger partial charge in [-0.3, -0.25) is 9.13 Å². The summed E-state index contributed by atoms with van der Waals surface area (Å²) < 4.78 is 31.2. The first-order valence-electron chi connectivity index (χ1n) is 8.52. The molecule has 1 aromatic carbocycles. The van der Waals surface area contributed by atoms with Gasteiger partial charge < -0.3 is 0 Å². The van der Waals surface area contributed by atoms with Crippen molar-refractivity contribution in [3.05, 3.63) is 28.7 Å². The Morgan fingerprint density at radius 3 is 2.58 bits per heavy atom. The van der Waals surface area contributed by atoms with Crippen LogP contribution in [0.15, 0.2) is 27.9 Å². The number of imidazole rings is 1. The highest BCUT2D eigenvalue weighted by atomic mass is 32.2. The van der Waals surface area contributed by atoms with Crippen LogP contribution in [-0.2, 0) is 23.6 Å². The Kier molecular flexibility index (Phi) is 3.44. The van der Waals surface area contributed by atoms with E-state index in [9.17, 15) is 13.2 Å². The molecular weight excluding hydrogens is 326 g/mol. The highest BCUT2D eigenvalue weighted by Crippen LogP contribution is 2.36. The number of nitrogens with zero attached hydrogens (tertiary/aromatic N) is 2. The van der Waals surface area contributed by atoms with Gasteiger partial charge in [0.05, 0.1) is 15.9 Å². The van der Waals surface area contributed by atoms with Gasteiger partial charge in [-0.15, -0.1) is 0 Å². The zero-order valence-electron chi connectivity index (χ0n) is 14.1. The van der Waals surface area contributed by atoms with Crippen molar-refractivity contribution < 1.29 is 8.42 Å². The third kappa shape index (κ3) is 2.80. The first-order valence-corrected chi connectivity index (χ1v) is 10.0. The highest BCUT2D eigenvalue weighted by Gasteiger charge is 2.41. The second-order valence-corrected chi connectivity index (χ2v) is 9.22. The fourth-order valence-corrected chi connectivity index (χ4v) is 4.65. The van der Waals surface area contributed by atoms with Crippen LogP contribution in [0.25, 0.3) is 11.0 Å². The maximum absolute atomic E-state index is 12.6. The molecule has 2 saturated carbocycles. The van der Waals surface area contributed by atoms with Crippen LogP contribution in [0.3, 0.4) is 0 Å². The second kappa shape index (κ2) is 5.20. The molecule has 4 rings (SSSR count). The van der Waals surface area contributed by atoms with Crippen molar-refractivity contribution in [2.24, 2.45) is 13.0 Å². The monoisotopic (exact) mass is 349 g/mol. The van der Waals surface area contributed by atoms with Gasteiger partial charge >= 0.3 is 5.69 Å². The molecule has 1 heterocycles. The SMILES string of the molecule is Cn1c(=O)n(CCC2CC2)c2ccc(S(=O)(=O)NC3(C)CC3)cc21. The lowest BCUT2D eigenvalue weighted by Crippen LogP contribution is -2.34. The molecule has 2 fully saturated rings. The van der Waals surface area contributed by atoms with E-state index in [0.29, 0.717) is 12.1 Å². The molecule has 0 spiro atoms. The summed E-state index contributed by atoms with van der Waals surface area (Å²) in [6.45, 7) is 2.61. The largest absolute Gasteiger partial charge is 0.328 e. The lowest BCUT2D eigenvalue weighted by atomic mass is 10.2. The summed E-state index contributed by atoms with van der Waals surface area (Å²) in [4.78, 5) is 12.7. The number of fused-ring (bicyclic) bond motifs is 1. The molecule has 0 saturated heterocycles. The Morgan fingerprint density at radius 1 is 1.25 bits per heavy atom. The minimum Gasteiger partial charge on any atom is -0.295 e. The van der Waals surface area contributed by atoms with Crippen molar-refractivity contribution in [3.8, 4) is 0 Å². The number of aromatic nitrogens is 2. The maximum atomic E-state index is 12.6. The van der Waals surface area contributed by atoms with Crippen LogP contribution < -0.4 is 10.4 Å². The van der Waals surface area contributed by atoms with Gasteiger partial charge in [-0.2, -0.15) is 0 Å². The smallest absolute Gasteiger partial charge is 0.295 e. The molecule has 2 aromatic rings. The van der Waals surface area contributed by atoms with Crippen molar-refractivity contribution >= 4 is 21.1 Å². The number of rotatable bonds is 6. The van der Waals surface area contributed by atoms with Crippen molar-refractivity contribution in [1.29, 1.82) is 0 Å². The number of benzene rings is 1. The van der Waals surface area contributed by atoms with E-state index in [4.69, 9.17) is 0 Å². The molecule has 0 bridgehead atoms. The third-order valence-electron chi connectivity index (χ3n) is 5.27. The normalized spacial score (nSPS) is 19.8. The van der Waals surface area contributed by atoms with Gasteiger partial charge in [0.2, 0.25) is 10.0 Å². The van der Waals surface area contributed by atoms with Crippen molar-refractivity contribution in [1.82, 2.24) is 13.9 Å². The van der Waals surface area contributed by atoms with Gasteiger partial charge in [0, 0.05) is 19.1 Å². The number of hydrogen-bond donors (Lipinski definition) is 1.